The summed E-state index contributed by atoms with van der Waals surface area (Å²) in [6, 6.07) is 9.31. The topological polar surface area (TPSA) is 29.5 Å². The average Bonchev–Trinajstić information content (AvgIpc) is 2.44. The van der Waals surface area contributed by atoms with Gasteiger partial charge in [-0.15, -0.1) is 0 Å². The Bertz CT molecular complexity index is 497. The lowest BCUT2D eigenvalue weighted by molar-refractivity contribution is 0.0591. The number of carbonyl (C=O) groups is 1. The van der Waals surface area contributed by atoms with Crippen molar-refractivity contribution in [3.05, 3.63) is 30.3 Å². The minimum atomic E-state index is -0.238. The Morgan fingerprint density at radius 1 is 1.18 bits per heavy atom. The molecule has 0 N–H and O–H groups in total. The van der Waals surface area contributed by atoms with Crippen LogP contribution < -0.4 is 4.74 Å². The van der Waals surface area contributed by atoms with Gasteiger partial charge >= 0.3 is 6.09 Å². The number of benzene rings is 1. The molecule has 3 heteroatoms. The van der Waals surface area contributed by atoms with E-state index in [4.69, 9.17) is 4.74 Å². The van der Waals surface area contributed by atoms with Crippen LogP contribution in [0.15, 0.2) is 30.3 Å². The van der Waals surface area contributed by atoms with Gasteiger partial charge in [0.2, 0.25) is 0 Å². The fourth-order valence-corrected chi connectivity index (χ4v) is 3.88. The highest BCUT2D eigenvalue weighted by Gasteiger charge is 2.38. The van der Waals surface area contributed by atoms with E-state index in [-0.39, 0.29) is 11.5 Å². The number of hydrogen-bond donors (Lipinski definition) is 0. The molecule has 22 heavy (non-hydrogen) atoms. The minimum absolute atomic E-state index is 0.188. The molecule has 0 spiro atoms. The molecular weight excluding hydrogens is 274 g/mol. The zero-order valence-electron chi connectivity index (χ0n) is 14.4. The highest BCUT2D eigenvalue weighted by molar-refractivity contribution is 5.70. The number of hydrogen-bond acceptors (Lipinski definition) is 2. The third-order valence-electron chi connectivity index (χ3n) is 4.70. The summed E-state index contributed by atoms with van der Waals surface area (Å²) in [4.78, 5) is 14.3. The molecule has 0 radical (unpaired) electrons. The Hall–Kier alpha value is -1.51. The zero-order chi connectivity index (χ0) is 16.2. The van der Waals surface area contributed by atoms with Gasteiger partial charge in [-0.2, -0.15) is 0 Å². The van der Waals surface area contributed by atoms with Crippen molar-refractivity contribution in [2.24, 2.45) is 10.8 Å². The Morgan fingerprint density at radius 3 is 2.45 bits per heavy atom. The van der Waals surface area contributed by atoms with Crippen molar-refractivity contribution in [2.45, 2.75) is 53.4 Å². The Labute approximate surface area is 134 Å². The second-order valence-electron chi connectivity index (χ2n) is 7.70. The van der Waals surface area contributed by atoms with Gasteiger partial charge in [0, 0.05) is 13.1 Å². The lowest BCUT2D eigenvalue weighted by atomic mass is 9.64. The smallest absolute Gasteiger partial charge is 0.410 e. The SMILES string of the molecule is CCN(CC1(C)CCCC(C)(C)C1)C(=O)Oc1ccccc1. The molecule has 1 fully saturated rings. The predicted octanol–water partition coefficient (Wildman–Crippen LogP) is 5.11. The largest absolute Gasteiger partial charge is 0.415 e. The van der Waals surface area contributed by atoms with Gasteiger partial charge in [-0.25, -0.2) is 4.79 Å². The van der Waals surface area contributed by atoms with E-state index in [2.05, 4.69) is 20.8 Å². The average molecular weight is 303 g/mol. The first-order valence-electron chi connectivity index (χ1n) is 8.35. The molecule has 1 atom stereocenters. The molecule has 2 rings (SSSR count). The van der Waals surface area contributed by atoms with Gasteiger partial charge in [-0.3, -0.25) is 0 Å². The molecule has 0 aromatic heterocycles. The third kappa shape index (κ3) is 4.49. The molecular formula is C19H29NO2. The van der Waals surface area contributed by atoms with E-state index in [0.29, 0.717) is 17.7 Å². The molecule has 3 nitrogen and oxygen atoms in total. The van der Waals surface area contributed by atoms with Crippen molar-refractivity contribution in [3.63, 3.8) is 0 Å². The fraction of sp³-hybridized carbons (Fsp3) is 0.632. The number of rotatable bonds is 4. The van der Waals surface area contributed by atoms with E-state index in [0.717, 1.165) is 13.0 Å². The molecule has 1 aliphatic carbocycles. The van der Waals surface area contributed by atoms with Crippen LogP contribution in [0.5, 0.6) is 5.75 Å². The summed E-state index contributed by atoms with van der Waals surface area (Å²) >= 11 is 0. The lowest BCUT2D eigenvalue weighted by Gasteiger charge is -2.44. The molecule has 1 saturated carbocycles. The zero-order valence-corrected chi connectivity index (χ0v) is 14.4. The predicted molar refractivity (Wildman–Crippen MR) is 90.1 cm³/mol. The van der Waals surface area contributed by atoms with Crippen LogP contribution in [-0.2, 0) is 0 Å². The van der Waals surface area contributed by atoms with Crippen LogP contribution in [0.1, 0.15) is 53.4 Å². The third-order valence-corrected chi connectivity index (χ3v) is 4.70. The highest BCUT2D eigenvalue weighted by Crippen LogP contribution is 2.46. The highest BCUT2D eigenvalue weighted by atomic mass is 16.6. The molecule has 0 bridgehead atoms. The summed E-state index contributed by atoms with van der Waals surface area (Å²) in [5.74, 6) is 0.611. The fourth-order valence-electron chi connectivity index (χ4n) is 3.88. The summed E-state index contributed by atoms with van der Waals surface area (Å²) in [7, 11) is 0. The molecule has 0 aliphatic heterocycles. The van der Waals surface area contributed by atoms with Crippen molar-refractivity contribution in [1.29, 1.82) is 0 Å². The van der Waals surface area contributed by atoms with Crippen molar-refractivity contribution in [1.82, 2.24) is 4.90 Å². The summed E-state index contributed by atoms with van der Waals surface area (Å²) in [5.41, 5.74) is 0.559. The second-order valence-corrected chi connectivity index (χ2v) is 7.70. The minimum Gasteiger partial charge on any atom is -0.410 e. The standard InChI is InChI=1S/C19H29NO2/c1-5-20(17(21)22-16-10-7-6-8-11-16)15-19(4)13-9-12-18(2,3)14-19/h6-8,10-11H,5,9,12-15H2,1-4H3. The van der Waals surface area contributed by atoms with Crippen LogP contribution >= 0.6 is 0 Å². The van der Waals surface area contributed by atoms with E-state index in [1.54, 1.807) is 0 Å². The first-order valence-corrected chi connectivity index (χ1v) is 8.35. The van der Waals surface area contributed by atoms with E-state index in [1.807, 2.05) is 42.2 Å². The summed E-state index contributed by atoms with van der Waals surface area (Å²) in [5, 5.41) is 0. The molecule has 1 aliphatic rings. The Morgan fingerprint density at radius 2 is 1.86 bits per heavy atom. The molecule has 1 aromatic carbocycles. The van der Waals surface area contributed by atoms with E-state index < -0.39 is 0 Å². The van der Waals surface area contributed by atoms with Gasteiger partial charge in [-0.1, -0.05) is 45.4 Å². The molecule has 1 aromatic rings. The summed E-state index contributed by atoms with van der Waals surface area (Å²) in [6.07, 6.45) is 4.64. The summed E-state index contributed by atoms with van der Waals surface area (Å²) in [6.45, 7) is 10.5. The Kier molecular flexibility index (Phi) is 5.15. The van der Waals surface area contributed by atoms with Crippen LogP contribution in [0.3, 0.4) is 0 Å². The monoisotopic (exact) mass is 303 g/mol. The van der Waals surface area contributed by atoms with E-state index in [1.165, 1.54) is 19.3 Å². The van der Waals surface area contributed by atoms with E-state index in [9.17, 15) is 4.79 Å². The lowest BCUT2D eigenvalue weighted by Crippen LogP contribution is -2.44. The maximum absolute atomic E-state index is 12.4. The summed E-state index contributed by atoms with van der Waals surface area (Å²) < 4.78 is 5.49. The van der Waals surface area contributed by atoms with Crippen LogP contribution in [0.4, 0.5) is 4.79 Å². The van der Waals surface area contributed by atoms with Crippen LogP contribution in [0.25, 0.3) is 0 Å². The number of ether oxygens (including phenoxy) is 1. The van der Waals surface area contributed by atoms with Crippen molar-refractivity contribution < 1.29 is 9.53 Å². The maximum atomic E-state index is 12.4. The van der Waals surface area contributed by atoms with Gasteiger partial charge in [0.05, 0.1) is 0 Å². The van der Waals surface area contributed by atoms with Gasteiger partial charge in [0.1, 0.15) is 5.75 Å². The van der Waals surface area contributed by atoms with Crippen LogP contribution in [0.2, 0.25) is 0 Å². The van der Waals surface area contributed by atoms with E-state index >= 15 is 0 Å². The van der Waals surface area contributed by atoms with Crippen molar-refractivity contribution >= 4 is 6.09 Å². The Balaban J connectivity index is 2.00. The molecule has 1 unspecified atom stereocenters. The molecule has 0 heterocycles. The quantitative estimate of drug-likeness (QED) is 0.773. The van der Waals surface area contributed by atoms with Crippen LogP contribution in [0, 0.1) is 10.8 Å². The second kappa shape index (κ2) is 6.72. The number of nitrogens with zero attached hydrogens (tertiary/aromatic N) is 1. The van der Waals surface area contributed by atoms with Gasteiger partial charge in [0.15, 0.2) is 0 Å². The first kappa shape index (κ1) is 16.9. The van der Waals surface area contributed by atoms with Crippen molar-refractivity contribution in [3.8, 4) is 5.75 Å². The molecule has 1 amide bonds. The van der Waals surface area contributed by atoms with Gasteiger partial charge < -0.3 is 9.64 Å². The first-order chi connectivity index (χ1) is 10.3. The maximum Gasteiger partial charge on any atom is 0.415 e. The van der Waals surface area contributed by atoms with Crippen molar-refractivity contribution in [2.75, 3.05) is 13.1 Å². The van der Waals surface area contributed by atoms with Gasteiger partial charge in [0.25, 0.3) is 0 Å². The number of amides is 1. The molecule has 122 valence electrons. The normalized spacial score (nSPS) is 23.8. The number of carbonyl (C=O) groups excluding carboxylic acids is 1. The van der Waals surface area contributed by atoms with Crippen LogP contribution in [-0.4, -0.2) is 24.1 Å². The number of para-hydroxylation sites is 1. The van der Waals surface area contributed by atoms with Gasteiger partial charge in [-0.05, 0) is 49.1 Å². The molecule has 0 saturated heterocycles.